The monoisotopic (exact) mass is 301 g/mol. The number of amides is 1. The Balaban J connectivity index is 1.61. The van der Waals surface area contributed by atoms with E-state index in [2.05, 4.69) is 14.9 Å². The molecule has 2 aromatic rings. The zero-order valence-corrected chi connectivity index (χ0v) is 12.9. The highest BCUT2D eigenvalue weighted by Gasteiger charge is 2.11. The largest absolute Gasteiger partial charge is 0.388 e. The number of benzene rings is 1. The molecular weight excluding hydrogens is 278 g/mol. The molecule has 5 heteroatoms. The zero-order chi connectivity index (χ0) is 15.8. The maximum Gasteiger partial charge on any atom is 0.222 e. The van der Waals surface area contributed by atoms with E-state index in [1.165, 1.54) is 0 Å². The number of rotatable bonds is 8. The highest BCUT2D eigenvalue weighted by molar-refractivity contribution is 5.76. The lowest BCUT2D eigenvalue weighted by atomic mass is 10.1. The lowest BCUT2D eigenvalue weighted by Gasteiger charge is -2.11. The lowest BCUT2D eigenvalue weighted by molar-refractivity contribution is -0.123. The first kappa shape index (κ1) is 16.2. The molecule has 118 valence electrons. The molecule has 0 saturated heterocycles. The molecule has 22 heavy (non-hydrogen) atoms. The summed E-state index contributed by atoms with van der Waals surface area (Å²) in [7, 11) is 0. The van der Waals surface area contributed by atoms with E-state index in [1.54, 1.807) is 6.20 Å². The Kier molecular flexibility index (Phi) is 6.15. The molecule has 1 aromatic carbocycles. The molecule has 0 spiro atoms. The molecule has 0 aliphatic carbocycles. The van der Waals surface area contributed by atoms with E-state index in [-0.39, 0.29) is 12.3 Å². The summed E-state index contributed by atoms with van der Waals surface area (Å²) in [6.07, 6.45) is 5.01. The van der Waals surface area contributed by atoms with Crippen LogP contribution in [0.1, 0.15) is 36.8 Å². The van der Waals surface area contributed by atoms with Gasteiger partial charge in [0, 0.05) is 25.5 Å². The molecule has 2 N–H and O–H groups in total. The Labute approximate surface area is 131 Å². The molecule has 1 amide bonds. The second-order valence-electron chi connectivity index (χ2n) is 5.36. The first-order valence-electron chi connectivity index (χ1n) is 7.64. The molecule has 0 aliphatic rings. The first-order valence-corrected chi connectivity index (χ1v) is 7.64. The van der Waals surface area contributed by atoms with Gasteiger partial charge in [-0.1, -0.05) is 30.3 Å². The van der Waals surface area contributed by atoms with Crippen molar-refractivity contribution >= 4 is 5.91 Å². The summed E-state index contributed by atoms with van der Waals surface area (Å²) in [5.74, 6) is 0.894. The number of unbranched alkanes of at least 4 members (excludes halogenated alkanes) is 1. The van der Waals surface area contributed by atoms with E-state index in [0.717, 1.165) is 30.8 Å². The highest BCUT2D eigenvalue weighted by atomic mass is 16.3. The first-order chi connectivity index (χ1) is 10.7. The molecule has 0 aliphatic heterocycles. The van der Waals surface area contributed by atoms with E-state index in [0.29, 0.717) is 6.54 Å². The maximum absolute atomic E-state index is 11.8. The molecule has 0 bridgehead atoms. The number of aryl methyl sites for hydroxylation is 2. The quantitative estimate of drug-likeness (QED) is 0.735. The van der Waals surface area contributed by atoms with Gasteiger partial charge in [-0.05, 0) is 25.3 Å². The van der Waals surface area contributed by atoms with Crippen molar-refractivity contribution in [2.45, 2.75) is 38.8 Å². The number of hydrogen-bond acceptors (Lipinski definition) is 3. The summed E-state index contributed by atoms with van der Waals surface area (Å²) in [5, 5.41) is 12.8. The van der Waals surface area contributed by atoms with Crippen molar-refractivity contribution in [2.24, 2.45) is 0 Å². The van der Waals surface area contributed by atoms with Crippen molar-refractivity contribution in [3.63, 3.8) is 0 Å². The number of aliphatic hydroxyl groups is 1. The molecule has 1 aromatic heterocycles. The van der Waals surface area contributed by atoms with Gasteiger partial charge in [-0.25, -0.2) is 4.98 Å². The SMILES string of the molecule is Cc1nccn1CCCCNC(=O)CC(O)c1ccccc1. The predicted octanol–water partition coefficient (Wildman–Crippen LogP) is 2.21. The fraction of sp³-hybridized carbons (Fsp3) is 0.412. The lowest BCUT2D eigenvalue weighted by Crippen LogP contribution is -2.26. The smallest absolute Gasteiger partial charge is 0.222 e. The van der Waals surface area contributed by atoms with Crippen LogP contribution in [0.5, 0.6) is 0 Å². The van der Waals surface area contributed by atoms with E-state index < -0.39 is 6.10 Å². The van der Waals surface area contributed by atoms with Crippen LogP contribution in [-0.2, 0) is 11.3 Å². The molecule has 0 saturated carbocycles. The van der Waals surface area contributed by atoms with Gasteiger partial charge in [-0.15, -0.1) is 0 Å². The average Bonchev–Trinajstić information content (AvgIpc) is 2.93. The van der Waals surface area contributed by atoms with Crippen LogP contribution in [0.25, 0.3) is 0 Å². The van der Waals surface area contributed by atoms with Crippen molar-refractivity contribution < 1.29 is 9.90 Å². The Bertz CT molecular complexity index is 581. The van der Waals surface area contributed by atoms with Crippen molar-refractivity contribution in [3.8, 4) is 0 Å². The van der Waals surface area contributed by atoms with Crippen molar-refractivity contribution in [1.29, 1.82) is 0 Å². The van der Waals surface area contributed by atoms with E-state index in [1.807, 2.05) is 43.5 Å². The molecule has 1 atom stereocenters. The van der Waals surface area contributed by atoms with Gasteiger partial charge in [-0.3, -0.25) is 4.79 Å². The van der Waals surface area contributed by atoms with Gasteiger partial charge in [0.25, 0.3) is 0 Å². The third-order valence-electron chi connectivity index (χ3n) is 3.63. The van der Waals surface area contributed by atoms with Gasteiger partial charge >= 0.3 is 0 Å². The summed E-state index contributed by atoms with van der Waals surface area (Å²) in [4.78, 5) is 16.0. The average molecular weight is 301 g/mol. The number of hydrogen-bond donors (Lipinski definition) is 2. The van der Waals surface area contributed by atoms with Gasteiger partial charge in [0.2, 0.25) is 5.91 Å². The highest BCUT2D eigenvalue weighted by Crippen LogP contribution is 2.15. The van der Waals surface area contributed by atoms with Crippen LogP contribution in [-0.4, -0.2) is 27.1 Å². The topological polar surface area (TPSA) is 67.2 Å². The molecule has 0 fully saturated rings. The third kappa shape index (κ3) is 5.00. The Hall–Kier alpha value is -2.14. The van der Waals surface area contributed by atoms with Gasteiger partial charge in [-0.2, -0.15) is 0 Å². The Morgan fingerprint density at radius 1 is 1.32 bits per heavy atom. The van der Waals surface area contributed by atoms with Crippen molar-refractivity contribution in [3.05, 3.63) is 54.1 Å². The number of aromatic nitrogens is 2. The van der Waals surface area contributed by atoms with Gasteiger partial charge in [0.1, 0.15) is 5.82 Å². The standard InChI is InChI=1S/C17H23N3O2/c1-14-18-10-12-20(14)11-6-5-9-19-17(22)13-16(21)15-7-3-2-4-8-15/h2-4,7-8,10,12,16,21H,5-6,9,11,13H2,1H3,(H,19,22). The van der Waals surface area contributed by atoms with Gasteiger partial charge in [0.15, 0.2) is 0 Å². The molecule has 2 rings (SSSR count). The third-order valence-corrected chi connectivity index (χ3v) is 3.63. The normalized spacial score (nSPS) is 12.1. The number of nitrogens with zero attached hydrogens (tertiary/aromatic N) is 2. The van der Waals surface area contributed by atoms with E-state index in [9.17, 15) is 9.90 Å². The minimum atomic E-state index is -0.741. The molecule has 5 nitrogen and oxygen atoms in total. The second-order valence-corrected chi connectivity index (χ2v) is 5.36. The van der Waals surface area contributed by atoms with Crippen molar-refractivity contribution in [2.75, 3.05) is 6.54 Å². The predicted molar refractivity (Wildman–Crippen MR) is 85.2 cm³/mol. The van der Waals surface area contributed by atoms with E-state index >= 15 is 0 Å². The fourth-order valence-electron chi connectivity index (χ4n) is 2.32. The molecule has 0 radical (unpaired) electrons. The van der Waals surface area contributed by atoms with Crippen LogP contribution in [0.3, 0.4) is 0 Å². The number of nitrogens with one attached hydrogen (secondary N) is 1. The summed E-state index contributed by atoms with van der Waals surface area (Å²) < 4.78 is 2.10. The fourth-order valence-corrected chi connectivity index (χ4v) is 2.32. The Morgan fingerprint density at radius 2 is 2.09 bits per heavy atom. The summed E-state index contributed by atoms with van der Waals surface area (Å²) >= 11 is 0. The van der Waals surface area contributed by atoms with Gasteiger partial charge < -0.3 is 15.0 Å². The second kappa shape index (κ2) is 8.34. The van der Waals surface area contributed by atoms with Crippen LogP contribution < -0.4 is 5.32 Å². The van der Waals surface area contributed by atoms with Gasteiger partial charge in [0.05, 0.1) is 12.5 Å². The summed E-state index contributed by atoms with van der Waals surface area (Å²) in [6, 6.07) is 9.25. The molecule has 1 heterocycles. The molecular formula is C17H23N3O2. The Morgan fingerprint density at radius 3 is 2.77 bits per heavy atom. The number of imidazole rings is 1. The minimum Gasteiger partial charge on any atom is -0.388 e. The maximum atomic E-state index is 11.8. The minimum absolute atomic E-state index is 0.102. The molecule has 1 unspecified atom stereocenters. The van der Waals surface area contributed by atoms with E-state index in [4.69, 9.17) is 0 Å². The number of carbonyl (C=O) groups excluding carboxylic acids is 1. The number of carbonyl (C=O) groups is 1. The number of aliphatic hydroxyl groups excluding tert-OH is 1. The van der Waals surface area contributed by atoms with Crippen LogP contribution in [0.15, 0.2) is 42.7 Å². The van der Waals surface area contributed by atoms with Crippen molar-refractivity contribution in [1.82, 2.24) is 14.9 Å². The zero-order valence-electron chi connectivity index (χ0n) is 12.9. The summed E-state index contributed by atoms with van der Waals surface area (Å²) in [6.45, 7) is 3.52. The van der Waals surface area contributed by atoms with Crippen LogP contribution >= 0.6 is 0 Å². The van der Waals surface area contributed by atoms with Crippen LogP contribution in [0.4, 0.5) is 0 Å². The van der Waals surface area contributed by atoms with Crippen LogP contribution in [0.2, 0.25) is 0 Å². The summed E-state index contributed by atoms with van der Waals surface area (Å²) in [5.41, 5.74) is 0.772. The van der Waals surface area contributed by atoms with Crippen LogP contribution in [0, 0.1) is 6.92 Å².